The Morgan fingerprint density at radius 2 is 2.26 bits per heavy atom. The number of hydrogen-bond acceptors (Lipinski definition) is 3. The number of amides is 2. The molecule has 3 rings (SSSR count). The third-order valence-electron chi connectivity index (χ3n) is 3.21. The Bertz CT molecular complexity index is 635. The lowest BCUT2D eigenvalue weighted by atomic mass is 10.1. The van der Waals surface area contributed by atoms with Crippen LogP contribution < -0.4 is 10.2 Å². The van der Waals surface area contributed by atoms with Gasteiger partial charge in [-0.25, -0.2) is 9.78 Å². The molecule has 0 spiro atoms. The van der Waals surface area contributed by atoms with E-state index in [0.717, 1.165) is 24.3 Å². The molecule has 19 heavy (non-hydrogen) atoms. The van der Waals surface area contributed by atoms with Crippen LogP contribution in [0.3, 0.4) is 0 Å². The molecule has 0 unspecified atom stereocenters. The van der Waals surface area contributed by atoms with Gasteiger partial charge in [-0.2, -0.15) is 0 Å². The zero-order valence-corrected chi connectivity index (χ0v) is 11.8. The van der Waals surface area contributed by atoms with Crippen LogP contribution in [0.4, 0.5) is 15.6 Å². The van der Waals surface area contributed by atoms with E-state index < -0.39 is 0 Å². The van der Waals surface area contributed by atoms with Gasteiger partial charge in [0, 0.05) is 17.6 Å². The third kappa shape index (κ3) is 2.33. The molecule has 5 heteroatoms. The van der Waals surface area contributed by atoms with Crippen molar-refractivity contribution in [3.63, 3.8) is 0 Å². The summed E-state index contributed by atoms with van der Waals surface area (Å²) < 4.78 is 0. The number of rotatable bonds is 1. The van der Waals surface area contributed by atoms with Gasteiger partial charge in [0.1, 0.15) is 0 Å². The number of thiazole rings is 1. The van der Waals surface area contributed by atoms with Crippen molar-refractivity contribution in [3.05, 3.63) is 40.4 Å². The van der Waals surface area contributed by atoms with Crippen molar-refractivity contribution >= 4 is 28.2 Å². The Morgan fingerprint density at radius 1 is 1.42 bits per heavy atom. The van der Waals surface area contributed by atoms with Crippen molar-refractivity contribution in [1.82, 2.24) is 4.98 Å². The summed E-state index contributed by atoms with van der Waals surface area (Å²) in [6, 6.07) is 6.16. The van der Waals surface area contributed by atoms with Gasteiger partial charge in [0.2, 0.25) is 0 Å². The number of carbonyl (C=O) groups is 1. The first kappa shape index (κ1) is 12.2. The number of fused-ring (bicyclic) bond motifs is 1. The molecule has 4 nitrogen and oxygen atoms in total. The van der Waals surface area contributed by atoms with Crippen molar-refractivity contribution in [2.75, 3.05) is 16.8 Å². The van der Waals surface area contributed by atoms with Crippen molar-refractivity contribution in [2.45, 2.75) is 20.3 Å². The van der Waals surface area contributed by atoms with Gasteiger partial charge in [-0.05, 0) is 37.5 Å². The van der Waals surface area contributed by atoms with E-state index in [0.29, 0.717) is 5.13 Å². The number of carbonyl (C=O) groups excluding carboxylic acids is 1. The van der Waals surface area contributed by atoms with Crippen LogP contribution in [0.5, 0.6) is 0 Å². The molecule has 0 bridgehead atoms. The lowest BCUT2D eigenvalue weighted by molar-refractivity contribution is 0.257. The molecule has 0 fully saturated rings. The maximum Gasteiger partial charge on any atom is 0.328 e. The molecule has 1 aromatic carbocycles. The van der Waals surface area contributed by atoms with Crippen LogP contribution in [0.2, 0.25) is 0 Å². The first-order chi connectivity index (χ1) is 9.13. The molecule has 0 radical (unpaired) electrons. The minimum atomic E-state index is -0.0984. The summed E-state index contributed by atoms with van der Waals surface area (Å²) in [5, 5.41) is 5.44. The summed E-state index contributed by atoms with van der Waals surface area (Å²) in [5.41, 5.74) is 4.35. The minimum Gasteiger partial charge on any atom is -0.294 e. The van der Waals surface area contributed by atoms with Crippen LogP contribution in [0, 0.1) is 13.8 Å². The maximum absolute atomic E-state index is 12.3. The molecule has 2 heterocycles. The quantitative estimate of drug-likeness (QED) is 0.866. The van der Waals surface area contributed by atoms with E-state index in [1.807, 2.05) is 19.2 Å². The monoisotopic (exact) mass is 273 g/mol. The summed E-state index contributed by atoms with van der Waals surface area (Å²) >= 11 is 1.45. The van der Waals surface area contributed by atoms with E-state index in [-0.39, 0.29) is 6.03 Å². The Kier molecular flexibility index (Phi) is 2.98. The van der Waals surface area contributed by atoms with Crippen LogP contribution in [0.1, 0.15) is 16.8 Å². The zero-order valence-electron chi connectivity index (χ0n) is 10.9. The second-order valence-corrected chi connectivity index (χ2v) is 5.62. The molecule has 0 aliphatic carbocycles. The summed E-state index contributed by atoms with van der Waals surface area (Å²) in [6.07, 6.45) is 0.917. The molecule has 0 atom stereocenters. The van der Waals surface area contributed by atoms with Crippen molar-refractivity contribution in [3.8, 4) is 0 Å². The van der Waals surface area contributed by atoms with Gasteiger partial charge in [0.15, 0.2) is 5.13 Å². The van der Waals surface area contributed by atoms with E-state index >= 15 is 0 Å². The molecule has 2 amide bonds. The van der Waals surface area contributed by atoms with Crippen molar-refractivity contribution in [1.29, 1.82) is 0 Å². The highest BCUT2D eigenvalue weighted by Crippen LogP contribution is 2.29. The highest BCUT2D eigenvalue weighted by molar-refractivity contribution is 7.13. The van der Waals surface area contributed by atoms with Gasteiger partial charge in [-0.15, -0.1) is 11.3 Å². The van der Waals surface area contributed by atoms with Crippen molar-refractivity contribution in [2.24, 2.45) is 0 Å². The van der Waals surface area contributed by atoms with E-state index in [1.165, 1.54) is 22.5 Å². The van der Waals surface area contributed by atoms with E-state index in [2.05, 4.69) is 28.5 Å². The molecular weight excluding hydrogens is 258 g/mol. The van der Waals surface area contributed by atoms with E-state index in [4.69, 9.17) is 0 Å². The predicted octanol–water partition coefficient (Wildman–Crippen LogP) is 3.35. The van der Waals surface area contributed by atoms with E-state index in [1.54, 1.807) is 4.90 Å². The summed E-state index contributed by atoms with van der Waals surface area (Å²) in [6.45, 7) is 4.69. The standard InChI is InChI=1S/C14H15N3OS/c1-9-3-4-11-5-6-17(12(11)7-9)14(18)16-13-15-10(2)8-19-13/h3-4,7-8H,5-6H2,1-2H3,(H,15,16,18). The molecule has 0 saturated heterocycles. The number of benzene rings is 1. The summed E-state index contributed by atoms with van der Waals surface area (Å²) in [5.74, 6) is 0. The largest absolute Gasteiger partial charge is 0.328 e. The van der Waals surface area contributed by atoms with Crippen LogP contribution >= 0.6 is 11.3 Å². The molecule has 1 aliphatic rings. The number of anilines is 2. The molecule has 0 saturated carbocycles. The molecular formula is C14H15N3OS. The van der Waals surface area contributed by atoms with Crippen LogP contribution in [0.15, 0.2) is 23.6 Å². The minimum absolute atomic E-state index is 0.0984. The maximum atomic E-state index is 12.3. The lowest BCUT2D eigenvalue weighted by Gasteiger charge is -2.17. The third-order valence-corrected chi connectivity index (χ3v) is 4.09. The number of aromatic nitrogens is 1. The Balaban J connectivity index is 1.81. The second-order valence-electron chi connectivity index (χ2n) is 4.76. The first-order valence-corrected chi connectivity index (χ1v) is 7.11. The first-order valence-electron chi connectivity index (χ1n) is 6.23. The smallest absolute Gasteiger partial charge is 0.294 e. The fourth-order valence-corrected chi connectivity index (χ4v) is 2.95. The number of hydrogen-bond donors (Lipinski definition) is 1. The molecule has 2 aromatic rings. The topological polar surface area (TPSA) is 45.2 Å². The highest BCUT2D eigenvalue weighted by Gasteiger charge is 2.25. The molecule has 1 aromatic heterocycles. The van der Waals surface area contributed by atoms with Gasteiger partial charge >= 0.3 is 6.03 Å². The number of nitrogens with zero attached hydrogens (tertiary/aromatic N) is 2. The van der Waals surface area contributed by atoms with Gasteiger partial charge in [-0.1, -0.05) is 12.1 Å². The van der Waals surface area contributed by atoms with Gasteiger partial charge in [0.25, 0.3) is 0 Å². The van der Waals surface area contributed by atoms with Gasteiger partial charge in [0.05, 0.1) is 5.69 Å². The summed E-state index contributed by atoms with van der Waals surface area (Å²) in [4.78, 5) is 18.3. The van der Waals surface area contributed by atoms with Crippen LogP contribution in [-0.2, 0) is 6.42 Å². The molecule has 98 valence electrons. The highest BCUT2D eigenvalue weighted by atomic mass is 32.1. The Morgan fingerprint density at radius 3 is 3.00 bits per heavy atom. The summed E-state index contributed by atoms with van der Waals surface area (Å²) in [7, 11) is 0. The average Bonchev–Trinajstić information content (AvgIpc) is 2.95. The van der Waals surface area contributed by atoms with Gasteiger partial charge < -0.3 is 0 Å². The fourth-order valence-electron chi connectivity index (χ4n) is 2.27. The van der Waals surface area contributed by atoms with Gasteiger partial charge in [-0.3, -0.25) is 10.2 Å². The zero-order chi connectivity index (χ0) is 13.4. The number of urea groups is 1. The van der Waals surface area contributed by atoms with Crippen molar-refractivity contribution < 1.29 is 4.79 Å². The predicted molar refractivity (Wildman–Crippen MR) is 78.1 cm³/mol. The lowest BCUT2D eigenvalue weighted by Crippen LogP contribution is -2.33. The fraction of sp³-hybridized carbons (Fsp3) is 0.286. The van der Waals surface area contributed by atoms with Crippen LogP contribution in [0.25, 0.3) is 0 Å². The van der Waals surface area contributed by atoms with Crippen LogP contribution in [-0.4, -0.2) is 17.6 Å². The van der Waals surface area contributed by atoms with E-state index in [9.17, 15) is 4.79 Å². The number of nitrogens with one attached hydrogen (secondary N) is 1. The Hall–Kier alpha value is -1.88. The second kappa shape index (κ2) is 4.66. The molecule has 1 aliphatic heterocycles. The normalized spacial score (nSPS) is 13.5. The SMILES string of the molecule is Cc1ccc2c(c1)N(C(=O)Nc1nc(C)cs1)CC2. The Labute approximate surface area is 116 Å². The molecule has 1 N–H and O–H groups in total. The average molecular weight is 273 g/mol. The number of aryl methyl sites for hydroxylation is 2.